The first-order chi connectivity index (χ1) is 6.72. The molecule has 1 aliphatic rings. The molecule has 14 heavy (non-hydrogen) atoms. The predicted molar refractivity (Wildman–Crippen MR) is 53.0 cm³/mol. The molecule has 2 rings (SSSR count). The van der Waals surface area contributed by atoms with Crippen LogP contribution in [0.2, 0.25) is 0 Å². The SMILES string of the molecule is CNc1ncc(F)c(N(C)C2CC2)n1. The molecule has 0 amide bonds. The fourth-order valence-corrected chi connectivity index (χ4v) is 1.36. The smallest absolute Gasteiger partial charge is 0.224 e. The third-order valence-corrected chi connectivity index (χ3v) is 2.38. The number of aromatic nitrogens is 2. The molecule has 0 aromatic carbocycles. The van der Waals surface area contributed by atoms with Gasteiger partial charge in [-0.2, -0.15) is 4.98 Å². The molecule has 1 aromatic rings. The van der Waals surface area contributed by atoms with Crippen LogP contribution >= 0.6 is 0 Å². The Morgan fingerprint density at radius 3 is 2.86 bits per heavy atom. The lowest BCUT2D eigenvalue weighted by Crippen LogP contribution is -2.22. The van der Waals surface area contributed by atoms with E-state index in [0.29, 0.717) is 17.8 Å². The lowest BCUT2D eigenvalue weighted by atomic mass is 10.4. The largest absolute Gasteiger partial charge is 0.357 e. The van der Waals surface area contributed by atoms with Gasteiger partial charge in [-0.05, 0) is 12.8 Å². The number of anilines is 2. The maximum absolute atomic E-state index is 13.4. The average molecular weight is 196 g/mol. The monoisotopic (exact) mass is 196 g/mol. The van der Waals surface area contributed by atoms with Crippen molar-refractivity contribution in [1.82, 2.24) is 9.97 Å². The second-order valence-corrected chi connectivity index (χ2v) is 3.46. The van der Waals surface area contributed by atoms with Crippen LogP contribution in [0.3, 0.4) is 0 Å². The molecule has 1 fully saturated rings. The zero-order chi connectivity index (χ0) is 10.1. The van der Waals surface area contributed by atoms with E-state index in [-0.39, 0.29) is 5.82 Å². The summed E-state index contributed by atoms with van der Waals surface area (Å²) in [7, 11) is 3.58. The number of hydrogen-bond donors (Lipinski definition) is 1. The third-order valence-electron chi connectivity index (χ3n) is 2.38. The van der Waals surface area contributed by atoms with Gasteiger partial charge in [-0.3, -0.25) is 0 Å². The quantitative estimate of drug-likeness (QED) is 0.790. The Balaban J connectivity index is 2.29. The standard InChI is InChI=1S/C9H13FN4/c1-11-9-12-5-7(10)8(13-9)14(2)6-3-4-6/h5-6H,3-4H2,1-2H3,(H,11,12,13). The van der Waals surface area contributed by atoms with Crippen LogP contribution in [0.15, 0.2) is 6.20 Å². The summed E-state index contributed by atoms with van der Waals surface area (Å²) >= 11 is 0. The van der Waals surface area contributed by atoms with Gasteiger partial charge in [-0.15, -0.1) is 0 Å². The lowest BCUT2D eigenvalue weighted by molar-refractivity contribution is 0.607. The second-order valence-electron chi connectivity index (χ2n) is 3.46. The van der Waals surface area contributed by atoms with Crippen LogP contribution in [-0.4, -0.2) is 30.1 Å². The Labute approximate surface area is 82.2 Å². The molecule has 0 saturated heterocycles. The van der Waals surface area contributed by atoms with E-state index in [4.69, 9.17) is 0 Å². The molecule has 1 aromatic heterocycles. The highest BCUT2D eigenvalue weighted by Gasteiger charge is 2.29. The predicted octanol–water partition coefficient (Wildman–Crippen LogP) is 1.26. The lowest BCUT2D eigenvalue weighted by Gasteiger charge is -2.17. The molecular formula is C9H13FN4. The summed E-state index contributed by atoms with van der Waals surface area (Å²) in [6.45, 7) is 0. The average Bonchev–Trinajstić information content (AvgIpc) is 3.01. The van der Waals surface area contributed by atoms with E-state index < -0.39 is 0 Å². The minimum atomic E-state index is -0.363. The van der Waals surface area contributed by atoms with Gasteiger partial charge in [0.2, 0.25) is 5.95 Å². The van der Waals surface area contributed by atoms with Gasteiger partial charge >= 0.3 is 0 Å². The number of halogens is 1. The van der Waals surface area contributed by atoms with Gasteiger partial charge in [0.05, 0.1) is 6.20 Å². The van der Waals surface area contributed by atoms with E-state index in [1.807, 2.05) is 11.9 Å². The van der Waals surface area contributed by atoms with E-state index in [2.05, 4.69) is 15.3 Å². The van der Waals surface area contributed by atoms with Crippen LogP contribution in [0.4, 0.5) is 16.2 Å². The molecule has 0 atom stereocenters. The molecule has 1 heterocycles. The number of rotatable bonds is 3. The van der Waals surface area contributed by atoms with Gasteiger partial charge in [-0.25, -0.2) is 9.37 Å². The topological polar surface area (TPSA) is 41.1 Å². The molecule has 76 valence electrons. The van der Waals surface area contributed by atoms with E-state index in [1.165, 1.54) is 6.20 Å². The first-order valence-corrected chi connectivity index (χ1v) is 4.65. The molecule has 5 heteroatoms. The summed E-state index contributed by atoms with van der Waals surface area (Å²) in [6, 6.07) is 0.448. The molecule has 0 spiro atoms. The number of nitrogens with one attached hydrogen (secondary N) is 1. The molecule has 0 radical (unpaired) electrons. The maximum Gasteiger partial charge on any atom is 0.224 e. The Hall–Kier alpha value is -1.39. The second kappa shape index (κ2) is 3.40. The van der Waals surface area contributed by atoms with Crippen molar-refractivity contribution in [2.24, 2.45) is 0 Å². The Kier molecular flexibility index (Phi) is 2.23. The highest BCUT2D eigenvalue weighted by molar-refractivity contribution is 5.45. The number of hydrogen-bond acceptors (Lipinski definition) is 4. The van der Waals surface area contributed by atoms with Crippen LogP contribution < -0.4 is 10.2 Å². The molecule has 1 saturated carbocycles. The molecular weight excluding hydrogens is 183 g/mol. The van der Waals surface area contributed by atoms with E-state index in [0.717, 1.165) is 12.8 Å². The van der Waals surface area contributed by atoms with E-state index in [9.17, 15) is 4.39 Å². The summed E-state index contributed by atoms with van der Waals surface area (Å²) in [4.78, 5) is 9.75. The van der Waals surface area contributed by atoms with Crippen molar-refractivity contribution < 1.29 is 4.39 Å². The normalized spacial score (nSPS) is 15.4. The van der Waals surface area contributed by atoms with Crippen LogP contribution in [0.25, 0.3) is 0 Å². The summed E-state index contributed by atoms with van der Waals surface area (Å²) in [5.74, 6) is 0.471. The van der Waals surface area contributed by atoms with Crippen LogP contribution in [0.5, 0.6) is 0 Å². The fraction of sp³-hybridized carbons (Fsp3) is 0.556. The van der Waals surface area contributed by atoms with Crippen molar-refractivity contribution in [3.05, 3.63) is 12.0 Å². The van der Waals surface area contributed by atoms with Gasteiger partial charge in [0.15, 0.2) is 11.6 Å². The van der Waals surface area contributed by atoms with Gasteiger partial charge in [0, 0.05) is 20.1 Å². The third kappa shape index (κ3) is 1.62. The minimum absolute atomic E-state index is 0.363. The van der Waals surface area contributed by atoms with Gasteiger partial charge in [-0.1, -0.05) is 0 Å². The zero-order valence-electron chi connectivity index (χ0n) is 8.29. The molecule has 4 nitrogen and oxygen atoms in total. The molecule has 0 bridgehead atoms. The highest BCUT2D eigenvalue weighted by Crippen LogP contribution is 2.30. The van der Waals surface area contributed by atoms with Crippen molar-refractivity contribution in [1.29, 1.82) is 0 Å². The van der Waals surface area contributed by atoms with Crippen molar-refractivity contribution in [2.75, 3.05) is 24.3 Å². The van der Waals surface area contributed by atoms with Crippen LogP contribution in [0.1, 0.15) is 12.8 Å². The van der Waals surface area contributed by atoms with E-state index >= 15 is 0 Å². The summed E-state index contributed by atoms with van der Waals surface area (Å²) in [5, 5.41) is 2.79. The summed E-state index contributed by atoms with van der Waals surface area (Å²) < 4.78 is 13.4. The Morgan fingerprint density at radius 2 is 2.29 bits per heavy atom. The van der Waals surface area contributed by atoms with Crippen molar-refractivity contribution in [3.8, 4) is 0 Å². The zero-order valence-corrected chi connectivity index (χ0v) is 8.29. The number of nitrogens with zero attached hydrogens (tertiary/aromatic N) is 3. The molecule has 1 aliphatic carbocycles. The van der Waals surface area contributed by atoms with Crippen LogP contribution in [-0.2, 0) is 0 Å². The van der Waals surface area contributed by atoms with Crippen molar-refractivity contribution in [2.45, 2.75) is 18.9 Å². The first kappa shape index (κ1) is 9.18. The van der Waals surface area contributed by atoms with E-state index in [1.54, 1.807) is 7.05 Å². The first-order valence-electron chi connectivity index (χ1n) is 4.65. The molecule has 0 aliphatic heterocycles. The Morgan fingerprint density at radius 1 is 1.57 bits per heavy atom. The van der Waals surface area contributed by atoms with Crippen molar-refractivity contribution in [3.63, 3.8) is 0 Å². The minimum Gasteiger partial charge on any atom is -0.357 e. The van der Waals surface area contributed by atoms with Crippen LogP contribution in [0, 0.1) is 5.82 Å². The maximum atomic E-state index is 13.4. The summed E-state index contributed by atoms with van der Waals surface area (Å²) in [5.41, 5.74) is 0. The fourth-order valence-electron chi connectivity index (χ4n) is 1.36. The van der Waals surface area contributed by atoms with Gasteiger partial charge in [0.25, 0.3) is 0 Å². The highest BCUT2D eigenvalue weighted by atomic mass is 19.1. The van der Waals surface area contributed by atoms with Gasteiger partial charge < -0.3 is 10.2 Å². The van der Waals surface area contributed by atoms with Crippen molar-refractivity contribution >= 4 is 11.8 Å². The Bertz CT molecular complexity index is 338. The summed E-state index contributed by atoms with van der Waals surface area (Å²) in [6.07, 6.45) is 3.44. The van der Waals surface area contributed by atoms with Gasteiger partial charge in [0.1, 0.15) is 0 Å². The molecule has 1 N–H and O–H groups in total. The molecule has 0 unspecified atom stereocenters.